The van der Waals surface area contributed by atoms with Gasteiger partial charge in [-0.3, -0.25) is 0 Å². The van der Waals surface area contributed by atoms with E-state index in [1.165, 1.54) is 5.56 Å². The topological polar surface area (TPSA) is 41.5 Å². The van der Waals surface area contributed by atoms with Gasteiger partial charge in [-0.25, -0.2) is 0 Å². The third-order valence-corrected chi connectivity index (χ3v) is 3.36. The molecule has 0 saturated heterocycles. The van der Waals surface area contributed by atoms with E-state index in [2.05, 4.69) is 36.5 Å². The number of para-hydroxylation sites is 1. The lowest BCUT2D eigenvalue weighted by Gasteiger charge is -2.12. The monoisotopic (exact) mass is 285 g/mol. The highest BCUT2D eigenvalue weighted by atomic mass is 16.5. The van der Waals surface area contributed by atoms with Crippen LogP contribution in [-0.2, 0) is 13.0 Å². The summed E-state index contributed by atoms with van der Waals surface area (Å²) in [6, 6.07) is 14.0. The summed E-state index contributed by atoms with van der Waals surface area (Å²) in [5, 5.41) is 13.5. The van der Waals surface area contributed by atoms with E-state index in [1.54, 1.807) is 6.07 Å². The van der Waals surface area contributed by atoms with Crippen molar-refractivity contribution >= 4 is 5.69 Å². The van der Waals surface area contributed by atoms with Gasteiger partial charge in [-0.2, -0.15) is 0 Å². The summed E-state index contributed by atoms with van der Waals surface area (Å²) in [5.41, 5.74) is 3.24. The zero-order chi connectivity index (χ0) is 15.1. The zero-order valence-corrected chi connectivity index (χ0v) is 12.7. The van der Waals surface area contributed by atoms with Crippen LogP contribution in [0.1, 0.15) is 31.4 Å². The van der Waals surface area contributed by atoms with E-state index < -0.39 is 0 Å². The van der Waals surface area contributed by atoms with E-state index in [9.17, 15) is 5.11 Å². The summed E-state index contributed by atoms with van der Waals surface area (Å²) in [7, 11) is 0. The van der Waals surface area contributed by atoms with Gasteiger partial charge in [0.2, 0.25) is 0 Å². The number of hydrogen-bond donors (Lipinski definition) is 2. The lowest BCUT2D eigenvalue weighted by molar-refractivity contribution is 0.317. The van der Waals surface area contributed by atoms with Crippen molar-refractivity contribution in [1.82, 2.24) is 0 Å². The molecule has 0 fully saturated rings. The minimum Gasteiger partial charge on any atom is -0.504 e. The maximum Gasteiger partial charge on any atom is 0.162 e. The average Bonchev–Trinajstić information content (AvgIpc) is 2.50. The van der Waals surface area contributed by atoms with E-state index in [-0.39, 0.29) is 5.75 Å². The Hall–Kier alpha value is -2.16. The van der Waals surface area contributed by atoms with Crippen molar-refractivity contribution in [3.8, 4) is 11.5 Å². The van der Waals surface area contributed by atoms with E-state index in [1.807, 2.05) is 19.1 Å². The molecule has 0 unspecified atom stereocenters. The second kappa shape index (κ2) is 7.58. The predicted octanol–water partition coefficient (Wildman–Crippen LogP) is 4.36. The van der Waals surface area contributed by atoms with Crippen molar-refractivity contribution < 1.29 is 9.84 Å². The van der Waals surface area contributed by atoms with E-state index in [0.29, 0.717) is 18.9 Å². The molecule has 0 atom stereocenters. The summed E-state index contributed by atoms with van der Waals surface area (Å²) < 4.78 is 5.39. The number of anilines is 1. The summed E-state index contributed by atoms with van der Waals surface area (Å²) in [6.07, 6.45) is 2.27. The molecule has 0 bridgehead atoms. The Morgan fingerprint density at radius 1 is 1.05 bits per heavy atom. The Bertz CT molecular complexity index is 564. The Labute approximate surface area is 126 Å². The van der Waals surface area contributed by atoms with Crippen LogP contribution in [0.25, 0.3) is 0 Å². The predicted molar refractivity (Wildman–Crippen MR) is 87.0 cm³/mol. The highest BCUT2D eigenvalue weighted by Gasteiger charge is 2.07. The molecule has 2 aromatic carbocycles. The highest BCUT2D eigenvalue weighted by molar-refractivity contribution is 5.49. The first-order valence-corrected chi connectivity index (χ1v) is 7.51. The van der Waals surface area contributed by atoms with Crippen molar-refractivity contribution in [3.63, 3.8) is 0 Å². The van der Waals surface area contributed by atoms with Crippen molar-refractivity contribution in [2.24, 2.45) is 0 Å². The van der Waals surface area contributed by atoms with Gasteiger partial charge < -0.3 is 15.2 Å². The molecule has 112 valence electrons. The molecule has 0 aliphatic rings. The summed E-state index contributed by atoms with van der Waals surface area (Å²) >= 11 is 0. The normalized spacial score (nSPS) is 10.4. The van der Waals surface area contributed by atoms with Crippen LogP contribution < -0.4 is 10.1 Å². The molecule has 2 rings (SSSR count). The molecule has 0 radical (unpaired) electrons. The van der Waals surface area contributed by atoms with Gasteiger partial charge in [0.25, 0.3) is 0 Å². The van der Waals surface area contributed by atoms with Gasteiger partial charge in [0, 0.05) is 17.8 Å². The van der Waals surface area contributed by atoms with Crippen molar-refractivity contribution in [1.29, 1.82) is 0 Å². The number of aryl methyl sites for hydroxylation is 1. The van der Waals surface area contributed by atoms with Crippen LogP contribution in [0.5, 0.6) is 11.5 Å². The number of aromatic hydroxyl groups is 1. The fraction of sp³-hybridized carbons (Fsp3) is 0.333. The fourth-order valence-electron chi connectivity index (χ4n) is 2.26. The summed E-state index contributed by atoms with van der Waals surface area (Å²) in [6.45, 7) is 5.20. The van der Waals surface area contributed by atoms with Gasteiger partial charge in [0.15, 0.2) is 11.5 Å². The standard InChI is InChI=1S/C18H23NO2/c1-3-6-14-9-11-16(12-10-14)19-13-15-7-5-8-17(18(15)20)21-4-2/h5,7-12,19-20H,3-4,6,13H2,1-2H3. The van der Waals surface area contributed by atoms with Crippen molar-refractivity contribution in [3.05, 3.63) is 53.6 Å². The average molecular weight is 285 g/mol. The molecule has 0 aliphatic carbocycles. The van der Waals surface area contributed by atoms with Crippen LogP contribution in [0.15, 0.2) is 42.5 Å². The van der Waals surface area contributed by atoms with Gasteiger partial charge in [-0.1, -0.05) is 37.6 Å². The first kappa shape index (κ1) is 15.2. The number of phenolic OH excluding ortho intramolecular Hbond substituents is 1. The molecule has 0 saturated carbocycles. The molecule has 0 spiro atoms. The number of rotatable bonds is 7. The lowest BCUT2D eigenvalue weighted by Crippen LogP contribution is -2.01. The van der Waals surface area contributed by atoms with Crippen molar-refractivity contribution in [2.45, 2.75) is 33.2 Å². The molecule has 0 aliphatic heterocycles. The van der Waals surface area contributed by atoms with Gasteiger partial charge in [0.1, 0.15) is 0 Å². The minimum atomic E-state index is 0.217. The van der Waals surface area contributed by atoms with Crippen LogP contribution in [0.3, 0.4) is 0 Å². The minimum absolute atomic E-state index is 0.217. The van der Waals surface area contributed by atoms with E-state index in [0.717, 1.165) is 24.1 Å². The lowest BCUT2D eigenvalue weighted by atomic mass is 10.1. The van der Waals surface area contributed by atoms with Crippen LogP contribution in [-0.4, -0.2) is 11.7 Å². The second-order valence-corrected chi connectivity index (χ2v) is 5.00. The third kappa shape index (κ3) is 4.15. The van der Waals surface area contributed by atoms with Crippen LogP contribution in [0, 0.1) is 0 Å². The third-order valence-electron chi connectivity index (χ3n) is 3.36. The number of ether oxygens (including phenoxy) is 1. The molecule has 3 nitrogen and oxygen atoms in total. The Balaban J connectivity index is 2.01. The van der Waals surface area contributed by atoms with E-state index >= 15 is 0 Å². The summed E-state index contributed by atoms with van der Waals surface area (Å²) in [5.74, 6) is 0.754. The molecular weight excluding hydrogens is 262 g/mol. The molecular formula is C18H23NO2. The largest absolute Gasteiger partial charge is 0.504 e. The molecule has 21 heavy (non-hydrogen) atoms. The Morgan fingerprint density at radius 3 is 2.48 bits per heavy atom. The number of hydrogen-bond acceptors (Lipinski definition) is 3. The first-order chi connectivity index (χ1) is 10.2. The van der Waals surface area contributed by atoms with Crippen LogP contribution in [0.2, 0.25) is 0 Å². The maximum atomic E-state index is 10.1. The number of benzene rings is 2. The quantitative estimate of drug-likeness (QED) is 0.794. The fourth-order valence-corrected chi connectivity index (χ4v) is 2.26. The molecule has 0 aromatic heterocycles. The first-order valence-electron chi connectivity index (χ1n) is 7.51. The highest BCUT2D eigenvalue weighted by Crippen LogP contribution is 2.30. The Kier molecular flexibility index (Phi) is 5.50. The maximum absolute atomic E-state index is 10.1. The second-order valence-electron chi connectivity index (χ2n) is 5.00. The zero-order valence-electron chi connectivity index (χ0n) is 12.7. The molecule has 2 aromatic rings. The van der Waals surface area contributed by atoms with Gasteiger partial charge in [0.05, 0.1) is 6.61 Å². The smallest absolute Gasteiger partial charge is 0.162 e. The number of phenols is 1. The molecule has 2 N–H and O–H groups in total. The van der Waals surface area contributed by atoms with Crippen molar-refractivity contribution in [2.75, 3.05) is 11.9 Å². The van der Waals surface area contributed by atoms with Gasteiger partial charge in [-0.15, -0.1) is 0 Å². The molecule has 3 heteroatoms. The SMILES string of the molecule is CCCc1ccc(NCc2cccc(OCC)c2O)cc1. The Morgan fingerprint density at radius 2 is 1.81 bits per heavy atom. The van der Waals surface area contributed by atoms with E-state index in [4.69, 9.17) is 4.74 Å². The van der Waals surface area contributed by atoms with Crippen LogP contribution in [0.4, 0.5) is 5.69 Å². The van der Waals surface area contributed by atoms with Crippen LogP contribution >= 0.6 is 0 Å². The molecule has 0 heterocycles. The summed E-state index contributed by atoms with van der Waals surface area (Å²) in [4.78, 5) is 0. The van der Waals surface area contributed by atoms with Gasteiger partial charge in [-0.05, 0) is 37.1 Å². The molecule has 0 amide bonds. The van der Waals surface area contributed by atoms with Gasteiger partial charge >= 0.3 is 0 Å². The number of nitrogens with one attached hydrogen (secondary N) is 1.